The largest absolute Gasteiger partial charge is 0.501 e. The monoisotopic (exact) mass is 489 g/mol. The lowest BCUT2D eigenvalue weighted by molar-refractivity contribution is 0.0850. The van der Waals surface area contributed by atoms with Crippen LogP contribution in [0.25, 0.3) is 11.4 Å². The second-order valence-electron chi connectivity index (χ2n) is 9.69. The van der Waals surface area contributed by atoms with Crippen molar-refractivity contribution < 1.29 is 15.0 Å². The number of aliphatic hydroxyl groups is 1. The fourth-order valence-corrected chi connectivity index (χ4v) is 4.99. The molecule has 1 aliphatic carbocycles. The third-order valence-corrected chi connectivity index (χ3v) is 7.19. The number of likely N-dealkylation sites (N-methyl/N-ethyl adjacent to an activating group) is 1. The van der Waals surface area contributed by atoms with E-state index in [1.165, 1.54) is 11.6 Å². The number of benzene rings is 2. The number of aromatic nitrogens is 2. The van der Waals surface area contributed by atoms with E-state index in [0.717, 1.165) is 49.4 Å². The van der Waals surface area contributed by atoms with Gasteiger partial charge in [-0.3, -0.25) is 19.1 Å². The highest BCUT2D eigenvalue weighted by atomic mass is 16.3. The summed E-state index contributed by atoms with van der Waals surface area (Å²) < 4.78 is 1.24. The second-order valence-corrected chi connectivity index (χ2v) is 9.69. The lowest BCUT2D eigenvalue weighted by Crippen LogP contribution is -2.43. The topological polar surface area (TPSA) is 111 Å². The molecule has 0 bridgehead atoms. The van der Waals surface area contributed by atoms with Gasteiger partial charge in [0, 0.05) is 51.8 Å². The number of nitrogens with zero attached hydrogens (tertiary/aromatic N) is 4. The molecule has 1 amide bonds. The Morgan fingerprint density at radius 1 is 1.06 bits per heavy atom. The lowest BCUT2D eigenvalue weighted by Gasteiger charge is -2.32. The van der Waals surface area contributed by atoms with Crippen molar-refractivity contribution in [2.24, 2.45) is 7.05 Å². The summed E-state index contributed by atoms with van der Waals surface area (Å²) in [4.78, 5) is 35.0. The summed E-state index contributed by atoms with van der Waals surface area (Å²) in [6, 6.07) is 14.6. The van der Waals surface area contributed by atoms with E-state index < -0.39 is 29.4 Å². The number of fused-ring (bicyclic) bond motifs is 1. The van der Waals surface area contributed by atoms with E-state index in [1.807, 2.05) is 48.5 Å². The molecule has 3 aromatic rings. The highest BCUT2D eigenvalue weighted by Crippen LogP contribution is 2.32. The van der Waals surface area contributed by atoms with Crippen molar-refractivity contribution in [3.63, 3.8) is 0 Å². The van der Waals surface area contributed by atoms with E-state index in [4.69, 9.17) is 0 Å². The van der Waals surface area contributed by atoms with Crippen LogP contribution < -0.4 is 10.9 Å². The van der Waals surface area contributed by atoms with Gasteiger partial charge in [0.2, 0.25) is 5.75 Å². The number of carbonyl (C=O) groups is 1. The average Bonchev–Trinajstić information content (AvgIpc) is 3.19. The molecule has 2 aromatic carbocycles. The van der Waals surface area contributed by atoms with Crippen LogP contribution in [0, 0.1) is 0 Å². The van der Waals surface area contributed by atoms with Crippen molar-refractivity contribution >= 4 is 5.91 Å². The Bertz CT molecular complexity index is 1330. The molecule has 0 spiro atoms. The van der Waals surface area contributed by atoms with Crippen molar-refractivity contribution in [1.29, 1.82) is 0 Å². The van der Waals surface area contributed by atoms with Gasteiger partial charge in [-0.25, -0.2) is 4.98 Å². The standard InChI is InChI=1S/C27H31N5O4/c1-30-11-13-32(14-12-30)16-17-7-9-18(10-8-17)25-28-23(24(34)27(36)31(25)2)26(35)29-22-20-6-4-3-5-19(20)15-21(22)33/h3-10,21-22,33-34H,11-16H2,1-2H3,(H,29,35)/t21-,22+/m0/s1. The van der Waals surface area contributed by atoms with Crippen molar-refractivity contribution in [2.75, 3.05) is 33.2 Å². The summed E-state index contributed by atoms with van der Waals surface area (Å²) >= 11 is 0. The van der Waals surface area contributed by atoms with Gasteiger partial charge in [-0.2, -0.15) is 0 Å². The molecule has 5 rings (SSSR count). The van der Waals surface area contributed by atoms with Gasteiger partial charge in [0.25, 0.3) is 11.5 Å². The van der Waals surface area contributed by atoms with Crippen LogP contribution >= 0.6 is 0 Å². The van der Waals surface area contributed by atoms with E-state index >= 15 is 0 Å². The summed E-state index contributed by atoms with van der Waals surface area (Å²) in [5.41, 5.74) is 2.52. The van der Waals surface area contributed by atoms with Gasteiger partial charge in [0.05, 0.1) is 12.1 Å². The zero-order valence-electron chi connectivity index (χ0n) is 20.5. The highest BCUT2D eigenvalue weighted by Gasteiger charge is 2.33. The number of hydrogen-bond acceptors (Lipinski definition) is 7. The fraction of sp³-hybridized carbons (Fsp3) is 0.370. The zero-order chi connectivity index (χ0) is 25.4. The van der Waals surface area contributed by atoms with Crippen LogP contribution in [-0.4, -0.2) is 74.8 Å². The Labute approximate surface area is 209 Å². The predicted molar refractivity (Wildman–Crippen MR) is 136 cm³/mol. The molecule has 1 saturated heterocycles. The van der Waals surface area contributed by atoms with Crippen LogP contribution in [0.15, 0.2) is 53.3 Å². The molecule has 0 saturated carbocycles. The molecule has 3 N–H and O–H groups in total. The van der Waals surface area contributed by atoms with Crippen molar-refractivity contribution in [3.8, 4) is 17.1 Å². The number of carbonyl (C=O) groups excluding carboxylic acids is 1. The number of amides is 1. The first-order valence-electron chi connectivity index (χ1n) is 12.2. The van der Waals surface area contributed by atoms with Crippen molar-refractivity contribution in [2.45, 2.75) is 25.1 Å². The normalized spacial score (nSPS) is 20.3. The summed E-state index contributed by atoms with van der Waals surface area (Å²) in [5, 5.41) is 23.7. The maximum atomic E-state index is 13.1. The minimum absolute atomic E-state index is 0.279. The van der Waals surface area contributed by atoms with Gasteiger partial charge in [0.15, 0.2) is 5.69 Å². The van der Waals surface area contributed by atoms with E-state index in [9.17, 15) is 19.8 Å². The number of aliphatic hydroxyl groups excluding tert-OH is 1. The first-order chi connectivity index (χ1) is 17.3. The molecule has 188 valence electrons. The molecule has 1 aliphatic heterocycles. The van der Waals surface area contributed by atoms with Gasteiger partial charge >= 0.3 is 0 Å². The molecule has 9 nitrogen and oxygen atoms in total. The Morgan fingerprint density at radius 2 is 1.75 bits per heavy atom. The quantitative estimate of drug-likeness (QED) is 0.495. The maximum absolute atomic E-state index is 13.1. The summed E-state index contributed by atoms with van der Waals surface area (Å²) in [7, 11) is 3.64. The minimum atomic E-state index is -0.799. The lowest BCUT2D eigenvalue weighted by atomic mass is 10.1. The first kappa shape index (κ1) is 24.2. The molecule has 2 atom stereocenters. The second kappa shape index (κ2) is 9.85. The molecule has 9 heteroatoms. The van der Waals surface area contributed by atoms with Gasteiger partial charge in [-0.1, -0.05) is 48.5 Å². The van der Waals surface area contributed by atoms with Crippen LogP contribution in [0.2, 0.25) is 0 Å². The molecule has 2 aliphatic rings. The van der Waals surface area contributed by atoms with E-state index in [1.54, 1.807) is 0 Å². The molecule has 2 heterocycles. The first-order valence-corrected chi connectivity index (χ1v) is 12.2. The van der Waals surface area contributed by atoms with E-state index in [2.05, 4.69) is 27.1 Å². The SMILES string of the molecule is CN1CCN(Cc2ccc(-c3nc(C(=O)N[C@@H]4c5ccccc5C[C@@H]4O)c(O)c(=O)n3C)cc2)CC1. The molecular weight excluding hydrogens is 458 g/mol. The Balaban J connectivity index is 1.38. The fourth-order valence-electron chi connectivity index (χ4n) is 4.99. The Hall–Kier alpha value is -3.53. The van der Waals surface area contributed by atoms with Crippen molar-refractivity contribution in [1.82, 2.24) is 24.7 Å². The molecular formula is C27H31N5O4. The van der Waals surface area contributed by atoms with Crippen LogP contribution in [0.1, 0.15) is 33.2 Å². The smallest absolute Gasteiger partial charge is 0.296 e. The number of nitrogens with one attached hydrogen (secondary N) is 1. The highest BCUT2D eigenvalue weighted by molar-refractivity contribution is 5.95. The molecule has 1 fully saturated rings. The van der Waals surface area contributed by atoms with Crippen molar-refractivity contribution in [3.05, 3.63) is 81.3 Å². The Kier molecular flexibility index (Phi) is 6.61. The number of aromatic hydroxyl groups is 1. The number of rotatable bonds is 5. The third-order valence-electron chi connectivity index (χ3n) is 7.19. The third kappa shape index (κ3) is 4.65. The van der Waals surface area contributed by atoms with Gasteiger partial charge < -0.3 is 20.4 Å². The van der Waals surface area contributed by atoms with Gasteiger partial charge in [-0.05, 0) is 23.7 Å². The van der Waals surface area contributed by atoms with Gasteiger partial charge in [0.1, 0.15) is 5.82 Å². The number of hydrogen-bond donors (Lipinski definition) is 3. The van der Waals surface area contributed by atoms with E-state index in [-0.39, 0.29) is 11.5 Å². The predicted octanol–water partition coefficient (Wildman–Crippen LogP) is 1.29. The summed E-state index contributed by atoms with van der Waals surface area (Å²) in [6.07, 6.45) is -0.379. The summed E-state index contributed by atoms with van der Waals surface area (Å²) in [5.74, 6) is -1.15. The van der Waals surface area contributed by atoms with Crippen LogP contribution in [0.3, 0.4) is 0 Å². The molecule has 0 unspecified atom stereocenters. The van der Waals surface area contributed by atoms with E-state index in [0.29, 0.717) is 12.0 Å². The Morgan fingerprint density at radius 3 is 2.47 bits per heavy atom. The van der Waals surface area contributed by atoms with Crippen LogP contribution in [-0.2, 0) is 20.0 Å². The van der Waals surface area contributed by atoms with Gasteiger partial charge in [-0.15, -0.1) is 0 Å². The molecule has 1 aromatic heterocycles. The zero-order valence-corrected chi connectivity index (χ0v) is 20.5. The average molecular weight is 490 g/mol. The van der Waals surface area contributed by atoms with Crippen LogP contribution in [0.4, 0.5) is 0 Å². The summed E-state index contributed by atoms with van der Waals surface area (Å²) in [6.45, 7) is 4.97. The maximum Gasteiger partial charge on any atom is 0.296 e. The molecule has 0 radical (unpaired) electrons. The number of piperazine rings is 1. The van der Waals surface area contributed by atoms with Crippen LogP contribution in [0.5, 0.6) is 5.75 Å². The minimum Gasteiger partial charge on any atom is -0.501 e. The molecule has 36 heavy (non-hydrogen) atoms.